The Bertz CT molecular complexity index is 569. The van der Waals surface area contributed by atoms with Crippen molar-refractivity contribution in [2.45, 2.75) is 32.0 Å². The van der Waals surface area contributed by atoms with Crippen molar-refractivity contribution < 1.29 is 0 Å². The van der Waals surface area contributed by atoms with Gasteiger partial charge in [-0.3, -0.25) is 9.88 Å². The minimum Gasteiger partial charge on any atom is -0.304 e. The molecule has 2 aromatic rings. The Balaban J connectivity index is 1.75. The summed E-state index contributed by atoms with van der Waals surface area (Å²) in [6.45, 7) is 2.93. The molecule has 0 aromatic carbocycles. The second kappa shape index (κ2) is 6.60. The van der Waals surface area contributed by atoms with Gasteiger partial charge < -0.3 is 4.90 Å². The molecule has 3 heterocycles. The van der Waals surface area contributed by atoms with Gasteiger partial charge in [-0.1, -0.05) is 0 Å². The van der Waals surface area contributed by atoms with Crippen LogP contribution in [0.15, 0.2) is 24.0 Å². The Hall–Kier alpha value is -1.37. The fourth-order valence-electron chi connectivity index (χ4n) is 2.81. The molecule has 21 heavy (non-hydrogen) atoms. The van der Waals surface area contributed by atoms with Crippen LogP contribution in [-0.4, -0.2) is 45.4 Å². The number of likely N-dealkylation sites (tertiary alicyclic amines) is 1. The van der Waals surface area contributed by atoms with Crippen molar-refractivity contribution in [3.05, 3.63) is 40.4 Å². The van der Waals surface area contributed by atoms with Gasteiger partial charge in [-0.15, -0.1) is 11.3 Å². The fraction of sp³-hybridized carbons (Fsp3) is 0.533. The molecule has 1 aliphatic heterocycles. The maximum Gasteiger partial charge on any atom is 0.145 e. The molecule has 6 heteroatoms. The van der Waals surface area contributed by atoms with Crippen molar-refractivity contribution >= 4 is 11.3 Å². The number of aromatic nitrogens is 3. The van der Waals surface area contributed by atoms with E-state index in [0.717, 1.165) is 37.6 Å². The standard InChI is InChI=1S/C15H21N5S/c1-19(2)9-12-5-6-17-15(18-12)14-4-3-7-20(14)10-13-8-16-11-21-13/h5-6,8,11,14H,3-4,7,9-10H2,1-2H3/t14-/m0/s1. The number of nitrogens with zero attached hydrogens (tertiary/aromatic N) is 5. The van der Waals surface area contributed by atoms with Crippen LogP contribution < -0.4 is 0 Å². The highest BCUT2D eigenvalue weighted by Crippen LogP contribution is 2.31. The first-order valence-corrected chi connectivity index (χ1v) is 8.18. The van der Waals surface area contributed by atoms with Crippen LogP contribution in [0.5, 0.6) is 0 Å². The Morgan fingerprint density at radius 3 is 3.10 bits per heavy atom. The first-order valence-electron chi connectivity index (χ1n) is 7.30. The molecule has 0 bridgehead atoms. The van der Waals surface area contributed by atoms with Crippen LogP contribution >= 0.6 is 11.3 Å². The van der Waals surface area contributed by atoms with Gasteiger partial charge in [0.25, 0.3) is 0 Å². The number of rotatable bonds is 5. The highest BCUT2D eigenvalue weighted by molar-refractivity contribution is 7.09. The van der Waals surface area contributed by atoms with E-state index in [1.807, 2.05) is 24.0 Å². The van der Waals surface area contributed by atoms with E-state index in [-0.39, 0.29) is 0 Å². The SMILES string of the molecule is CN(C)Cc1ccnc([C@@H]2CCCN2Cc2cncs2)n1. The summed E-state index contributed by atoms with van der Waals surface area (Å²) in [5.41, 5.74) is 2.99. The summed E-state index contributed by atoms with van der Waals surface area (Å²) in [6.07, 6.45) is 6.21. The van der Waals surface area contributed by atoms with E-state index in [9.17, 15) is 0 Å². The van der Waals surface area contributed by atoms with Crippen molar-refractivity contribution in [1.82, 2.24) is 24.8 Å². The average Bonchev–Trinajstić information content (AvgIpc) is 3.10. The summed E-state index contributed by atoms with van der Waals surface area (Å²) in [5, 5.41) is 0. The lowest BCUT2D eigenvalue weighted by Gasteiger charge is -2.23. The molecule has 1 fully saturated rings. The van der Waals surface area contributed by atoms with Gasteiger partial charge in [0.1, 0.15) is 5.82 Å². The Labute approximate surface area is 129 Å². The van der Waals surface area contributed by atoms with E-state index in [0.29, 0.717) is 6.04 Å². The highest BCUT2D eigenvalue weighted by atomic mass is 32.1. The summed E-state index contributed by atoms with van der Waals surface area (Å²) in [4.78, 5) is 19.4. The minimum atomic E-state index is 0.342. The first kappa shape index (κ1) is 14.6. The van der Waals surface area contributed by atoms with E-state index in [4.69, 9.17) is 4.98 Å². The first-order chi connectivity index (χ1) is 10.2. The molecule has 0 amide bonds. The summed E-state index contributed by atoms with van der Waals surface area (Å²) < 4.78 is 0. The van der Waals surface area contributed by atoms with E-state index in [1.54, 1.807) is 11.3 Å². The van der Waals surface area contributed by atoms with E-state index in [1.165, 1.54) is 11.3 Å². The quantitative estimate of drug-likeness (QED) is 0.848. The van der Waals surface area contributed by atoms with Gasteiger partial charge in [0, 0.05) is 30.4 Å². The lowest BCUT2D eigenvalue weighted by atomic mass is 10.2. The van der Waals surface area contributed by atoms with Crippen LogP contribution in [0, 0.1) is 0 Å². The van der Waals surface area contributed by atoms with Crippen molar-refractivity contribution in [1.29, 1.82) is 0 Å². The second-order valence-corrected chi connectivity index (χ2v) is 6.71. The predicted octanol–water partition coefficient (Wildman–Crippen LogP) is 2.33. The molecule has 0 unspecified atom stereocenters. The summed E-state index contributed by atoms with van der Waals surface area (Å²) in [7, 11) is 4.13. The molecule has 0 radical (unpaired) electrons. The van der Waals surface area contributed by atoms with Crippen LogP contribution in [-0.2, 0) is 13.1 Å². The molecule has 1 saturated heterocycles. The monoisotopic (exact) mass is 303 g/mol. The van der Waals surface area contributed by atoms with Crippen molar-refractivity contribution in [2.24, 2.45) is 0 Å². The number of hydrogen-bond donors (Lipinski definition) is 0. The molecule has 0 aliphatic carbocycles. The molecule has 2 aromatic heterocycles. The molecule has 0 saturated carbocycles. The van der Waals surface area contributed by atoms with Gasteiger partial charge in [-0.25, -0.2) is 9.97 Å². The topological polar surface area (TPSA) is 45.2 Å². The van der Waals surface area contributed by atoms with Gasteiger partial charge >= 0.3 is 0 Å². The van der Waals surface area contributed by atoms with E-state index >= 15 is 0 Å². The maximum atomic E-state index is 4.77. The number of hydrogen-bond acceptors (Lipinski definition) is 6. The molecule has 112 valence electrons. The van der Waals surface area contributed by atoms with Crippen molar-refractivity contribution in [3.63, 3.8) is 0 Å². The molecular weight excluding hydrogens is 282 g/mol. The van der Waals surface area contributed by atoms with Crippen LogP contribution in [0.3, 0.4) is 0 Å². The molecule has 0 spiro atoms. The molecular formula is C15H21N5S. The van der Waals surface area contributed by atoms with E-state index in [2.05, 4.69) is 33.9 Å². The predicted molar refractivity (Wildman–Crippen MR) is 83.9 cm³/mol. The van der Waals surface area contributed by atoms with Crippen LogP contribution in [0.4, 0.5) is 0 Å². The normalized spacial score (nSPS) is 19.5. The molecule has 0 N–H and O–H groups in total. The molecule has 3 rings (SSSR count). The third-order valence-electron chi connectivity index (χ3n) is 3.71. The van der Waals surface area contributed by atoms with Crippen LogP contribution in [0.2, 0.25) is 0 Å². The zero-order chi connectivity index (χ0) is 14.7. The number of thiazole rings is 1. The zero-order valence-corrected chi connectivity index (χ0v) is 13.4. The summed E-state index contributed by atoms with van der Waals surface area (Å²) in [5.74, 6) is 0.969. The summed E-state index contributed by atoms with van der Waals surface area (Å²) in [6, 6.07) is 2.35. The Kier molecular flexibility index (Phi) is 4.57. The summed E-state index contributed by atoms with van der Waals surface area (Å²) >= 11 is 1.72. The highest BCUT2D eigenvalue weighted by Gasteiger charge is 2.28. The molecule has 1 atom stereocenters. The lowest BCUT2D eigenvalue weighted by molar-refractivity contribution is 0.241. The second-order valence-electron chi connectivity index (χ2n) is 5.74. The van der Waals surface area contributed by atoms with Gasteiger partial charge in [0.15, 0.2) is 0 Å². The van der Waals surface area contributed by atoms with E-state index < -0.39 is 0 Å². The minimum absolute atomic E-state index is 0.342. The third kappa shape index (κ3) is 3.64. The average molecular weight is 303 g/mol. The zero-order valence-electron chi connectivity index (χ0n) is 12.6. The van der Waals surface area contributed by atoms with Crippen LogP contribution in [0.25, 0.3) is 0 Å². The van der Waals surface area contributed by atoms with Gasteiger partial charge in [-0.2, -0.15) is 0 Å². The Morgan fingerprint density at radius 1 is 1.43 bits per heavy atom. The maximum absolute atomic E-state index is 4.77. The van der Waals surface area contributed by atoms with Crippen molar-refractivity contribution in [3.8, 4) is 0 Å². The van der Waals surface area contributed by atoms with Gasteiger partial charge in [0.2, 0.25) is 0 Å². The van der Waals surface area contributed by atoms with Crippen molar-refractivity contribution in [2.75, 3.05) is 20.6 Å². The smallest absolute Gasteiger partial charge is 0.145 e. The largest absolute Gasteiger partial charge is 0.304 e. The van der Waals surface area contributed by atoms with Gasteiger partial charge in [-0.05, 0) is 39.5 Å². The van der Waals surface area contributed by atoms with Crippen LogP contribution in [0.1, 0.15) is 35.3 Å². The molecule has 1 aliphatic rings. The molecule has 5 nitrogen and oxygen atoms in total. The Morgan fingerprint density at radius 2 is 2.33 bits per heavy atom. The third-order valence-corrected chi connectivity index (χ3v) is 4.48. The fourth-order valence-corrected chi connectivity index (χ4v) is 3.43. The lowest BCUT2D eigenvalue weighted by Crippen LogP contribution is -2.24. The van der Waals surface area contributed by atoms with Gasteiger partial charge in [0.05, 0.1) is 17.2 Å².